The summed E-state index contributed by atoms with van der Waals surface area (Å²) in [5.74, 6) is -0.968. The van der Waals surface area contributed by atoms with E-state index in [1.165, 1.54) is 30.5 Å². The van der Waals surface area contributed by atoms with Crippen LogP contribution in [0.3, 0.4) is 0 Å². The number of hydrogen-bond donors (Lipinski definition) is 2. The van der Waals surface area contributed by atoms with Crippen LogP contribution < -0.4 is 11.5 Å². The minimum atomic E-state index is -4.55. The Morgan fingerprint density at radius 2 is 1.93 bits per heavy atom. The number of nitrogens with zero attached hydrogens (tertiary/aromatic N) is 3. The summed E-state index contributed by atoms with van der Waals surface area (Å²) in [6.07, 6.45) is -7.36. The quantitative estimate of drug-likeness (QED) is 0.325. The summed E-state index contributed by atoms with van der Waals surface area (Å²) in [5, 5.41) is 0.0759. The highest BCUT2D eigenvalue weighted by atomic mass is 32.1. The van der Waals surface area contributed by atoms with E-state index >= 15 is 0 Å². The van der Waals surface area contributed by atoms with E-state index in [1.54, 1.807) is 6.92 Å². The fourth-order valence-corrected chi connectivity index (χ4v) is 6.09. The molecule has 4 rings (SSSR count). The Hall–Kier alpha value is -3.72. The van der Waals surface area contributed by atoms with Gasteiger partial charge in [0.1, 0.15) is 11.7 Å². The second-order valence-electron chi connectivity index (χ2n) is 10.2. The van der Waals surface area contributed by atoms with Crippen molar-refractivity contribution >= 4 is 23.3 Å². The van der Waals surface area contributed by atoms with Crippen LogP contribution in [0.25, 0.3) is 10.4 Å². The number of halogens is 6. The SMILES string of the molecule is Cc1nc(C2(C(N)=O)CC(OCc3cccc(C(F)(F)F)c3)CN2C(N)=O)sc1-c1ccnc(C(C)(CF)C(F)F)c1. The highest BCUT2D eigenvalue weighted by Crippen LogP contribution is 2.45. The first-order valence-corrected chi connectivity index (χ1v) is 13.4. The van der Waals surface area contributed by atoms with Gasteiger partial charge in [-0.05, 0) is 49.2 Å². The normalized spacial score (nSPS) is 20.6. The molecule has 3 aromatic rings. The Labute approximate surface area is 240 Å². The zero-order valence-corrected chi connectivity index (χ0v) is 23.2. The summed E-state index contributed by atoms with van der Waals surface area (Å²) < 4.78 is 86.1. The lowest BCUT2D eigenvalue weighted by Gasteiger charge is -2.32. The molecule has 1 fully saturated rings. The molecule has 1 aliphatic heterocycles. The lowest BCUT2D eigenvalue weighted by molar-refractivity contribution is -0.137. The van der Waals surface area contributed by atoms with Crippen LogP contribution in [0, 0.1) is 6.92 Å². The average molecular weight is 616 g/mol. The molecule has 0 saturated carbocycles. The third-order valence-corrected chi connectivity index (χ3v) is 8.66. The number of rotatable bonds is 9. The summed E-state index contributed by atoms with van der Waals surface area (Å²) in [6, 6.07) is 6.36. The molecule has 0 aliphatic carbocycles. The highest BCUT2D eigenvalue weighted by Gasteiger charge is 2.56. The number of amides is 3. The van der Waals surface area contributed by atoms with Gasteiger partial charge in [-0.2, -0.15) is 13.2 Å². The Balaban J connectivity index is 1.67. The number of aryl methyl sites for hydroxylation is 1. The van der Waals surface area contributed by atoms with Gasteiger partial charge in [-0.25, -0.2) is 22.9 Å². The van der Waals surface area contributed by atoms with Crippen molar-refractivity contribution in [3.8, 4) is 10.4 Å². The zero-order valence-electron chi connectivity index (χ0n) is 22.4. The number of carbonyl (C=O) groups is 2. The van der Waals surface area contributed by atoms with E-state index in [1.807, 2.05) is 0 Å². The van der Waals surface area contributed by atoms with Crippen LogP contribution in [0.15, 0.2) is 42.6 Å². The zero-order chi connectivity index (χ0) is 31.0. The third-order valence-electron chi connectivity index (χ3n) is 7.30. The molecule has 3 atom stereocenters. The number of pyridine rings is 1. The number of urea groups is 1. The number of aromatic nitrogens is 2. The number of benzene rings is 1. The number of ether oxygens (including phenoxy) is 1. The summed E-state index contributed by atoms with van der Waals surface area (Å²) in [6.45, 7) is 0.841. The molecule has 3 heterocycles. The number of primary amides is 2. The Morgan fingerprint density at radius 3 is 2.52 bits per heavy atom. The fraction of sp³-hybridized carbons (Fsp3) is 0.407. The van der Waals surface area contributed by atoms with Crippen molar-refractivity contribution in [1.82, 2.24) is 14.9 Å². The first-order valence-electron chi connectivity index (χ1n) is 12.6. The van der Waals surface area contributed by atoms with Crippen molar-refractivity contribution in [3.63, 3.8) is 0 Å². The monoisotopic (exact) mass is 615 g/mol. The molecule has 1 aliphatic rings. The molecule has 1 saturated heterocycles. The predicted molar refractivity (Wildman–Crippen MR) is 141 cm³/mol. The predicted octanol–water partition coefficient (Wildman–Crippen LogP) is 5.08. The first-order chi connectivity index (χ1) is 19.6. The molecule has 15 heteroatoms. The molecule has 1 aromatic carbocycles. The van der Waals surface area contributed by atoms with Crippen molar-refractivity contribution in [2.75, 3.05) is 13.2 Å². The summed E-state index contributed by atoms with van der Waals surface area (Å²) in [4.78, 5) is 35.3. The van der Waals surface area contributed by atoms with Gasteiger partial charge in [0.25, 0.3) is 12.3 Å². The third kappa shape index (κ3) is 5.67. The van der Waals surface area contributed by atoms with Gasteiger partial charge in [0.15, 0.2) is 5.54 Å². The van der Waals surface area contributed by atoms with Crippen molar-refractivity contribution in [2.24, 2.45) is 11.5 Å². The van der Waals surface area contributed by atoms with Crippen LogP contribution in [0.5, 0.6) is 0 Å². The Kier molecular flexibility index (Phi) is 8.56. The van der Waals surface area contributed by atoms with Crippen LogP contribution in [0.1, 0.15) is 40.9 Å². The number of nitrogens with two attached hydrogens (primary N) is 2. The van der Waals surface area contributed by atoms with Crippen molar-refractivity contribution in [3.05, 3.63) is 70.1 Å². The summed E-state index contributed by atoms with van der Waals surface area (Å²) in [7, 11) is 0. The minimum Gasteiger partial charge on any atom is -0.372 e. The molecule has 2 aromatic heterocycles. The van der Waals surface area contributed by atoms with Gasteiger partial charge in [-0.1, -0.05) is 12.1 Å². The van der Waals surface area contributed by atoms with Gasteiger partial charge in [0.05, 0.1) is 46.5 Å². The molecule has 0 bridgehead atoms. The fourth-order valence-electron chi connectivity index (χ4n) is 4.81. The lowest BCUT2D eigenvalue weighted by atomic mass is 9.87. The van der Waals surface area contributed by atoms with E-state index in [0.717, 1.165) is 35.3 Å². The summed E-state index contributed by atoms with van der Waals surface area (Å²) in [5.41, 5.74) is 7.36. The number of thiazole rings is 1. The van der Waals surface area contributed by atoms with Crippen LogP contribution in [0.2, 0.25) is 0 Å². The number of likely N-dealkylation sites (tertiary alicyclic amines) is 1. The lowest BCUT2D eigenvalue weighted by Crippen LogP contribution is -2.55. The van der Waals surface area contributed by atoms with E-state index in [9.17, 15) is 35.9 Å². The van der Waals surface area contributed by atoms with E-state index in [4.69, 9.17) is 16.2 Å². The minimum absolute atomic E-state index is 0.0759. The number of carbonyl (C=O) groups excluding carboxylic acids is 2. The molecule has 3 amide bonds. The maximum atomic E-state index is 13.7. The summed E-state index contributed by atoms with van der Waals surface area (Å²) >= 11 is 0.964. The smallest absolute Gasteiger partial charge is 0.372 e. The van der Waals surface area contributed by atoms with Crippen molar-refractivity contribution in [2.45, 2.75) is 56.5 Å². The average Bonchev–Trinajstić information content (AvgIpc) is 3.53. The molecule has 226 valence electrons. The maximum absolute atomic E-state index is 13.7. The van der Waals surface area contributed by atoms with Gasteiger partial charge in [-0.15, -0.1) is 11.3 Å². The molecule has 42 heavy (non-hydrogen) atoms. The second-order valence-corrected chi connectivity index (χ2v) is 11.2. The molecule has 8 nitrogen and oxygen atoms in total. The van der Waals surface area contributed by atoms with Gasteiger partial charge in [-0.3, -0.25) is 9.78 Å². The maximum Gasteiger partial charge on any atom is 0.416 e. The standard InChI is InChI=1S/C27H27F6N5O3S/c1-14-20(16-6-7-36-19(9-16)25(2,13-28)21(29)30)42-23(37-14)26(22(34)39)10-18(11-38(26)24(35)40)41-12-15-4-3-5-17(8-15)27(31,32)33/h3-9,18,21H,10-13H2,1-2H3,(H2,34,39)(H2,35,40). The topological polar surface area (TPSA) is 124 Å². The van der Waals surface area contributed by atoms with E-state index in [-0.39, 0.29) is 35.8 Å². The van der Waals surface area contributed by atoms with Crippen molar-refractivity contribution in [1.29, 1.82) is 0 Å². The molecule has 0 radical (unpaired) electrons. The van der Waals surface area contributed by atoms with Gasteiger partial charge < -0.3 is 21.1 Å². The number of hydrogen-bond acceptors (Lipinski definition) is 6. The molecular weight excluding hydrogens is 588 g/mol. The molecule has 0 spiro atoms. The van der Waals surface area contributed by atoms with Crippen LogP contribution >= 0.6 is 11.3 Å². The molecule has 4 N–H and O–H groups in total. The van der Waals surface area contributed by atoms with E-state index in [0.29, 0.717) is 16.1 Å². The Morgan fingerprint density at radius 1 is 1.21 bits per heavy atom. The van der Waals surface area contributed by atoms with E-state index < -0.39 is 53.8 Å². The van der Waals surface area contributed by atoms with Gasteiger partial charge in [0, 0.05) is 12.6 Å². The second kappa shape index (κ2) is 11.5. The van der Waals surface area contributed by atoms with Crippen LogP contribution in [0.4, 0.5) is 31.1 Å². The Bertz CT molecular complexity index is 1480. The molecule has 3 unspecified atom stereocenters. The van der Waals surface area contributed by atoms with Gasteiger partial charge in [0.2, 0.25) is 0 Å². The number of alkyl halides is 6. The van der Waals surface area contributed by atoms with Crippen LogP contribution in [-0.4, -0.2) is 52.6 Å². The van der Waals surface area contributed by atoms with Crippen molar-refractivity contribution < 1.29 is 40.7 Å². The highest BCUT2D eigenvalue weighted by molar-refractivity contribution is 7.15. The van der Waals surface area contributed by atoms with Crippen LogP contribution in [-0.2, 0) is 33.3 Å². The molecular formula is C27H27F6N5O3S. The largest absolute Gasteiger partial charge is 0.416 e. The first kappa shape index (κ1) is 31.2. The van der Waals surface area contributed by atoms with E-state index in [2.05, 4.69) is 9.97 Å². The van der Waals surface area contributed by atoms with Gasteiger partial charge >= 0.3 is 12.2 Å².